The molecule has 6 heteroatoms. The maximum atomic E-state index is 13.1. The topological polar surface area (TPSA) is 35.2 Å². The summed E-state index contributed by atoms with van der Waals surface area (Å²) in [6, 6.07) is 8.75. The summed E-state index contributed by atoms with van der Waals surface area (Å²) in [6.45, 7) is 1.64. The van der Waals surface area contributed by atoms with Crippen LogP contribution in [0.2, 0.25) is 0 Å². The van der Waals surface area contributed by atoms with Crippen molar-refractivity contribution in [1.29, 1.82) is 0 Å². The van der Waals surface area contributed by atoms with Gasteiger partial charge in [-0.2, -0.15) is 0 Å². The van der Waals surface area contributed by atoms with Gasteiger partial charge in [0.15, 0.2) is 0 Å². The predicted octanol–water partition coefficient (Wildman–Crippen LogP) is 4.08. The third-order valence-corrected chi connectivity index (χ3v) is 3.05. The summed E-state index contributed by atoms with van der Waals surface area (Å²) in [4.78, 5) is 0. The number of hydrogen-bond acceptors (Lipinski definition) is 2. The highest BCUT2D eigenvalue weighted by atomic mass is 19.4. The molecular weight excluding hydrogens is 286 g/mol. The van der Waals surface area contributed by atoms with Crippen molar-refractivity contribution in [1.82, 2.24) is 0 Å². The lowest BCUT2D eigenvalue weighted by atomic mass is 9.95. The molecule has 1 unspecified atom stereocenters. The lowest BCUT2D eigenvalue weighted by Gasteiger charge is -2.19. The van der Waals surface area contributed by atoms with Crippen LogP contribution in [0.3, 0.4) is 0 Å². The van der Waals surface area contributed by atoms with Crippen molar-refractivity contribution in [3.8, 4) is 5.75 Å². The van der Waals surface area contributed by atoms with Crippen LogP contribution in [-0.2, 0) is 0 Å². The van der Waals surface area contributed by atoms with Gasteiger partial charge in [0.05, 0.1) is 6.04 Å². The van der Waals surface area contributed by atoms with Crippen molar-refractivity contribution in [3.63, 3.8) is 0 Å². The molecule has 0 heterocycles. The molecule has 0 saturated carbocycles. The first-order valence-electron chi connectivity index (χ1n) is 6.14. The van der Waals surface area contributed by atoms with Crippen molar-refractivity contribution < 1.29 is 22.3 Å². The summed E-state index contributed by atoms with van der Waals surface area (Å²) < 4.78 is 54.3. The van der Waals surface area contributed by atoms with Gasteiger partial charge >= 0.3 is 6.36 Å². The zero-order valence-electron chi connectivity index (χ0n) is 11.1. The maximum Gasteiger partial charge on any atom is 0.573 e. The summed E-state index contributed by atoms with van der Waals surface area (Å²) in [5, 5.41) is 0. The third kappa shape index (κ3) is 3.72. The molecule has 0 aromatic heterocycles. The highest BCUT2D eigenvalue weighted by Gasteiger charge is 2.32. The Kier molecular flexibility index (Phi) is 4.18. The first kappa shape index (κ1) is 15.3. The van der Waals surface area contributed by atoms with Crippen LogP contribution >= 0.6 is 0 Å². The van der Waals surface area contributed by atoms with E-state index in [0.29, 0.717) is 11.1 Å². The fourth-order valence-corrected chi connectivity index (χ4v) is 2.11. The van der Waals surface area contributed by atoms with Crippen LogP contribution in [0, 0.1) is 12.7 Å². The fraction of sp³-hybridized carbons (Fsp3) is 0.200. The normalized spacial score (nSPS) is 13.0. The van der Waals surface area contributed by atoms with Gasteiger partial charge < -0.3 is 10.5 Å². The predicted molar refractivity (Wildman–Crippen MR) is 70.3 cm³/mol. The minimum absolute atomic E-state index is 0.185. The quantitative estimate of drug-likeness (QED) is 0.867. The number of alkyl halides is 3. The highest BCUT2D eigenvalue weighted by molar-refractivity contribution is 5.43. The molecule has 1 atom stereocenters. The van der Waals surface area contributed by atoms with Gasteiger partial charge in [0, 0.05) is 5.56 Å². The number of rotatable bonds is 3. The standard InChI is InChI=1S/C15H13F4NO/c1-9-8-10(16)6-7-11(9)14(20)12-4-2-3-5-13(12)21-15(17,18)19/h2-8,14H,20H2,1H3. The molecule has 2 aromatic rings. The van der Waals surface area contributed by atoms with Gasteiger partial charge in [-0.3, -0.25) is 0 Å². The Morgan fingerprint density at radius 1 is 1.05 bits per heavy atom. The molecule has 21 heavy (non-hydrogen) atoms. The zero-order chi connectivity index (χ0) is 15.6. The second-order valence-electron chi connectivity index (χ2n) is 4.56. The lowest BCUT2D eigenvalue weighted by Crippen LogP contribution is -2.21. The maximum absolute atomic E-state index is 13.1. The van der Waals surface area contributed by atoms with Crippen LogP contribution < -0.4 is 10.5 Å². The van der Waals surface area contributed by atoms with Crippen LogP contribution in [-0.4, -0.2) is 6.36 Å². The Labute approximate surface area is 119 Å². The molecule has 2 nitrogen and oxygen atoms in total. The number of nitrogens with two attached hydrogens (primary N) is 1. The third-order valence-electron chi connectivity index (χ3n) is 3.05. The Morgan fingerprint density at radius 2 is 1.71 bits per heavy atom. The highest BCUT2D eigenvalue weighted by Crippen LogP contribution is 2.33. The average Bonchev–Trinajstić information content (AvgIpc) is 2.36. The fourth-order valence-electron chi connectivity index (χ4n) is 2.11. The number of aryl methyl sites for hydroxylation is 1. The minimum Gasteiger partial charge on any atom is -0.405 e. The SMILES string of the molecule is Cc1cc(F)ccc1C(N)c1ccccc1OC(F)(F)F. The van der Waals surface area contributed by atoms with E-state index < -0.39 is 18.2 Å². The average molecular weight is 299 g/mol. The molecule has 0 saturated heterocycles. The molecule has 0 spiro atoms. The van der Waals surface area contributed by atoms with Crippen molar-refractivity contribution in [3.05, 3.63) is 65.0 Å². The summed E-state index contributed by atoms with van der Waals surface area (Å²) in [5.74, 6) is -0.787. The molecular formula is C15H13F4NO. The van der Waals surface area contributed by atoms with Crippen molar-refractivity contribution in [2.75, 3.05) is 0 Å². The number of halogens is 4. The largest absolute Gasteiger partial charge is 0.573 e. The van der Waals surface area contributed by atoms with Gasteiger partial charge in [-0.25, -0.2) is 4.39 Å². The van der Waals surface area contributed by atoms with E-state index in [1.165, 1.54) is 36.4 Å². The van der Waals surface area contributed by atoms with Gasteiger partial charge in [-0.15, -0.1) is 13.2 Å². The Bertz CT molecular complexity index is 640. The zero-order valence-corrected chi connectivity index (χ0v) is 11.1. The molecule has 0 aliphatic rings. The number of para-hydroxylation sites is 1. The molecule has 2 rings (SSSR count). The van der Waals surface area contributed by atoms with Crippen molar-refractivity contribution >= 4 is 0 Å². The summed E-state index contributed by atoms with van der Waals surface area (Å²) in [6.07, 6.45) is -4.80. The monoisotopic (exact) mass is 299 g/mol. The number of benzene rings is 2. The van der Waals surface area contributed by atoms with E-state index in [0.717, 1.165) is 0 Å². The van der Waals surface area contributed by atoms with E-state index in [4.69, 9.17) is 5.73 Å². The van der Waals surface area contributed by atoms with E-state index in [1.807, 2.05) is 0 Å². The van der Waals surface area contributed by atoms with E-state index >= 15 is 0 Å². The van der Waals surface area contributed by atoms with Gasteiger partial charge in [0.1, 0.15) is 11.6 Å². The van der Waals surface area contributed by atoms with Crippen LogP contribution in [0.15, 0.2) is 42.5 Å². The van der Waals surface area contributed by atoms with Crippen LogP contribution in [0.4, 0.5) is 17.6 Å². The number of hydrogen-bond donors (Lipinski definition) is 1. The molecule has 0 fully saturated rings. The lowest BCUT2D eigenvalue weighted by molar-refractivity contribution is -0.274. The van der Waals surface area contributed by atoms with E-state index in [9.17, 15) is 17.6 Å². The Hall–Kier alpha value is -2.08. The molecule has 0 radical (unpaired) electrons. The number of ether oxygens (including phenoxy) is 1. The minimum atomic E-state index is -4.80. The molecule has 112 valence electrons. The Balaban J connectivity index is 2.41. The van der Waals surface area contributed by atoms with Gasteiger partial charge in [0.2, 0.25) is 0 Å². The first-order chi connectivity index (χ1) is 9.78. The van der Waals surface area contributed by atoms with Crippen LogP contribution in [0.5, 0.6) is 5.75 Å². The molecule has 0 amide bonds. The van der Waals surface area contributed by atoms with E-state index in [1.54, 1.807) is 13.0 Å². The molecule has 0 aliphatic heterocycles. The van der Waals surface area contributed by atoms with E-state index in [-0.39, 0.29) is 11.3 Å². The summed E-state index contributed by atoms with van der Waals surface area (Å²) in [7, 11) is 0. The first-order valence-corrected chi connectivity index (χ1v) is 6.14. The van der Waals surface area contributed by atoms with Gasteiger partial charge in [-0.05, 0) is 36.2 Å². The van der Waals surface area contributed by atoms with Gasteiger partial charge in [-0.1, -0.05) is 24.3 Å². The second-order valence-corrected chi connectivity index (χ2v) is 4.56. The van der Waals surface area contributed by atoms with Crippen molar-refractivity contribution in [2.45, 2.75) is 19.3 Å². The van der Waals surface area contributed by atoms with Crippen molar-refractivity contribution in [2.24, 2.45) is 5.73 Å². The molecule has 2 aromatic carbocycles. The summed E-state index contributed by atoms with van der Waals surface area (Å²) >= 11 is 0. The summed E-state index contributed by atoms with van der Waals surface area (Å²) in [5.41, 5.74) is 7.30. The van der Waals surface area contributed by atoms with Crippen LogP contribution in [0.1, 0.15) is 22.7 Å². The molecule has 0 aliphatic carbocycles. The molecule has 0 bridgehead atoms. The second kappa shape index (κ2) is 5.73. The smallest absolute Gasteiger partial charge is 0.405 e. The Morgan fingerprint density at radius 3 is 2.33 bits per heavy atom. The van der Waals surface area contributed by atoms with Gasteiger partial charge in [0.25, 0.3) is 0 Å². The van der Waals surface area contributed by atoms with E-state index in [2.05, 4.69) is 4.74 Å². The van der Waals surface area contributed by atoms with Crippen LogP contribution in [0.25, 0.3) is 0 Å². The molecule has 2 N–H and O–H groups in total.